The molecule has 1 unspecified atom stereocenters. The maximum atomic E-state index is 12.6. The third kappa shape index (κ3) is 5.44. The third-order valence-corrected chi connectivity index (χ3v) is 7.19. The fourth-order valence-electron chi connectivity index (χ4n) is 4.47. The zero-order valence-electron chi connectivity index (χ0n) is 17.3. The van der Waals surface area contributed by atoms with Gasteiger partial charge < -0.3 is 19.3 Å². The number of sulfonamides is 1. The van der Waals surface area contributed by atoms with Crippen LogP contribution >= 0.6 is 0 Å². The van der Waals surface area contributed by atoms with Crippen LogP contribution in [0.2, 0.25) is 0 Å². The number of hydrogen-bond donors (Lipinski definition) is 1. The lowest BCUT2D eigenvalue weighted by Gasteiger charge is -2.34. The van der Waals surface area contributed by atoms with E-state index in [9.17, 15) is 13.2 Å². The first-order valence-electron chi connectivity index (χ1n) is 10.9. The lowest BCUT2D eigenvalue weighted by atomic mass is 9.97. The summed E-state index contributed by atoms with van der Waals surface area (Å²) < 4.78 is 38.8. The molecule has 30 heavy (non-hydrogen) atoms. The van der Waals surface area contributed by atoms with Crippen LogP contribution in [0.3, 0.4) is 0 Å². The van der Waals surface area contributed by atoms with E-state index in [0.717, 1.165) is 31.6 Å². The third-order valence-electron chi connectivity index (χ3n) is 6.02. The van der Waals surface area contributed by atoms with E-state index in [2.05, 4.69) is 9.62 Å². The number of piperidine rings is 2. The van der Waals surface area contributed by atoms with E-state index in [1.54, 1.807) is 17.0 Å². The molecule has 8 nitrogen and oxygen atoms in total. The molecule has 3 aliphatic rings. The molecule has 0 spiro atoms. The first-order valence-corrected chi connectivity index (χ1v) is 12.5. The van der Waals surface area contributed by atoms with Crippen LogP contribution in [0.25, 0.3) is 0 Å². The van der Waals surface area contributed by atoms with Crippen molar-refractivity contribution in [3.63, 3.8) is 0 Å². The minimum Gasteiger partial charge on any atom is -0.372 e. The molecule has 3 heterocycles. The monoisotopic (exact) mass is 437 g/mol. The van der Waals surface area contributed by atoms with E-state index in [-0.39, 0.29) is 18.1 Å². The molecular formula is C21H31N3O5S. The van der Waals surface area contributed by atoms with Crippen LogP contribution in [-0.4, -0.2) is 70.7 Å². The number of anilines is 2. The largest absolute Gasteiger partial charge is 0.372 e. The Morgan fingerprint density at radius 2 is 1.70 bits per heavy atom. The molecule has 3 fully saturated rings. The molecule has 1 atom stereocenters. The maximum absolute atomic E-state index is 12.6. The van der Waals surface area contributed by atoms with Gasteiger partial charge in [0.15, 0.2) is 6.29 Å². The highest BCUT2D eigenvalue weighted by atomic mass is 32.2. The predicted octanol–water partition coefficient (Wildman–Crippen LogP) is 2.03. The second kappa shape index (κ2) is 9.53. The van der Waals surface area contributed by atoms with E-state index in [4.69, 9.17) is 9.47 Å². The van der Waals surface area contributed by atoms with Crippen molar-refractivity contribution in [3.05, 3.63) is 24.3 Å². The summed E-state index contributed by atoms with van der Waals surface area (Å²) in [5, 5.41) is 0. The van der Waals surface area contributed by atoms with Crippen molar-refractivity contribution < 1.29 is 22.7 Å². The van der Waals surface area contributed by atoms with E-state index in [1.807, 2.05) is 12.1 Å². The Kier molecular flexibility index (Phi) is 6.80. The molecule has 0 radical (unpaired) electrons. The van der Waals surface area contributed by atoms with Gasteiger partial charge in [-0.25, -0.2) is 8.42 Å². The Bertz CT molecular complexity index is 818. The Hall–Kier alpha value is -1.84. The standard InChI is InChI=1S/C21H31N3O5S/c25-20(24-12-4-5-17(15-24)21-28-13-14-29-21)16-30(26,27)22-18-6-8-19(9-7-18)23-10-2-1-3-11-23/h6-9,17,21-22H,1-5,10-16H2. The fraction of sp³-hybridized carbons (Fsp3) is 0.667. The highest BCUT2D eigenvalue weighted by Crippen LogP contribution is 2.25. The second-order valence-electron chi connectivity index (χ2n) is 8.31. The molecular weight excluding hydrogens is 406 g/mol. The topological polar surface area (TPSA) is 88.2 Å². The van der Waals surface area contributed by atoms with E-state index >= 15 is 0 Å². The van der Waals surface area contributed by atoms with Crippen molar-refractivity contribution in [3.8, 4) is 0 Å². The Labute approximate surface area is 178 Å². The summed E-state index contributed by atoms with van der Waals surface area (Å²) in [4.78, 5) is 16.6. The second-order valence-corrected chi connectivity index (χ2v) is 10.0. The molecule has 3 aliphatic heterocycles. The first kappa shape index (κ1) is 21.4. The van der Waals surface area contributed by atoms with Gasteiger partial charge in [-0.2, -0.15) is 0 Å². The number of nitrogens with one attached hydrogen (secondary N) is 1. The van der Waals surface area contributed by atoms with Crippen molar-refractivity contribution >= 4 is 27.3 Å². The van der Waals surface area contributed by atoms with Crippen LogP contribution in [0.1, 0.15) is 32.1 Å². The van der Waals surface area contributed by atoms with Crippen molar-refractivity contribution in [2.75, 3.05) is 54.8 Å². The zero-order chi connectivity index (χ0) is 21.0. The molecule has 1 N–H and O–H groups in total. The van der Waals surface area contributed by atoms with Crippen molar-refractivity contribution in [1.29, 1.82) is 0 Å². The zero-order valence-corrected chi connectivity index (χ0v) is 18.1. The molecule has 1 aromatic carbocycles. The first-order chi connectivity index (χ1) is 14.5. The molecule has 0 bridgehead atoms. The molecule has 9 heteroatoms. The van der Waals surface area contributed by atoms with Crippen LogP contribution in [0.15, 0.2) is 24.3 Å². The number of hydrogen-bond acceptors (Lipinski definition) is 6. The van der Waals surface area contributed by atoms with Crippen LogP contribution in [0.4, 0.5) is 11.4 Å². The number of nitrogens with zero attached hydrogens (tertiary/aromatic N) is 2. The SMILES string of the molecule is O=C(CS(=O)(=O)Nc1ccc(N2CCCCC2)cc1)N1CCCC(C2OCCO2)C1. The Morgan fingerprint density at radius 1 is 1.00 bits per heavy atom. The predicted molar refractivity (Wildman–Crippen MR) is 115 cm³/mol. The van der Waals surface area contributed by atoms with Gasteiger partial charge in [-0.1, -0.05) is 0 Å². The van der Waals surface area contributed by atoms with Gasteiger partial charge in [0, 0.05) is 43.5 Å². The molecule has 0 saturated carbocycles. The summed E-state index contributed by atoms with van der Waals surface area (Å²) in [6.07, 6.45) is 5.10. The average molecular weight is 438 g/mol. The van der Waals surface area contributed by atoms with Crippen LogP contribution in [0.5, 0.6) is 0 Å². The average Bonchev–Trinajstić information content (AvgIpc) is 3.29. The lowest BCUT2D eigenvalue weighted by molar-refractivity contribution is -0.136. The van der Waals surface area contributed by atoms with Gasteiger partial charge in [-0.05, 0) is 56.4 Å². The minimum absolute atomic E-state index is 0.100. The van der Waals surface area contributed by atoms with Gasteiger partial charge in [0.05, 0.1) is 13.2 Å². The number of amides is 1. The van der Waals surface area contributed by atoms with Gasteiger partial charge in [0.2, 0.25) is 15.9 Å². The van der Waals surface area contributed by atoms with E-state index < -0.39 is 15.8 Å². The van der Waals surface area contributed by atoms with Crippen LogP contribution in [-0.2, 0) is 24.3 Å². The number of carbonyl (C=O) groups excluding carboxylic acids is 1. The summed E-state index contributed by atoms with van der Waals surface area (Å²) in [7, 11) is -3.77. The normalized spacial score (nSPS) is 23.5. The van der Waals surface area contributed by atoms with Gasteiger partial charge in [-0.15, -0.1) is 0 Å². The summed E-state index contributed by atoms with van der Waals surface area (Å²) in [6, 6.07) is 7.39. The highest BCUT2D eigenvalue weighted by Gasteiger charge is 2.33. The summed E-state index contributed by atoms with van der Waals surface area (Å²) in [5.74, 6) is -0.835. The number of likely N-dealkylation sites (tertiary alicyclic amines) is 1. The summed E-state index contributed by atoms with van der Waals surface area (Å²) in [5.41, 5.74) is 1.58. The van der Waals surface area contributed by atoms with Crippen molar-refractivity contribution in [1.82, 2.24) is 4.90 Å². The molecule has 0 aliphatic carbocycles. The highest BCUT2D eigenvalue weighted by molar-refractivity contribution is 7.93. The van der Waals surface area contributed by atoms with Crippen LogP contribution < -0.4 is 9.62 Å². The number of carbonyl (C=O) groups is 1. The van der Waals surface area contributed by atoms with Crippen LogP contribution in [0, 0.1) is 5.92 Å². The van der Waals surface area contributed by atoms with E-state index in [0.29, 0.717) is 32.0 Å². The van der Waals surface area contributed by atoms with Gasteiger partial charge >= 0.3 is 0 Å². The molecule has 1 amide bonds. The van der Waals surface area contributed by atoms with Crippen molar-refractivity contribution in [2.45, 2.75) is 38.4 Å². The summed E-state index contributed by atoms with van der Waals surface area (Å²) >= 11 is 0. The lowest BCUT2D eigenvalue weighted by Crippen LogP contribution is -2.46. The quantitative estimate of drug-likeness (QED) is 0.733. The molecule has 4 rings (SSSR count). The molecule has 3 saturated heterocycles. The number of rotatable bonds is 6. The number of ether oxygens (including phenoxy) is 2. The molecule has 166 valence electrons. The summed E-state index contributed by atoms with van der Waals surface area (Å²) in [6.45, 7) is 4.26. The Balaban J connectivity index is 1.31. The Morgan fingerprint density at radius 3 is 2.40 bits per heavy atom. The van der Waals surface area contributed by atoms with Gasteiger partial charge in [-0.3, -0.25) is 9.52 Å². The van der Waals surface area contributed by atoms with E-state index in [1.165, 1.54) is 19.3 Å². The number of benzene rings is 1. The molecule has 0 aromatic heterocycles. The molecule has 1 aromatic rings. The fourth-order valence-corrected chi connectivity index (χ4v) is 5.54. The minimum atomic E-state index is -3.77. The maximum Gasteiger partial charge on any atom is 0.241 e. The van der Waals surface area contributed by atoms with Gasteiger partial charge in [0.1, 0.15) is 5.75 Å². The smallest absolute Gasteiger partial charge is 0.241 e. The van der Waals surface area contributed by atoms with Gasteiger partial charge in [0.25, 0.3) is 0 Å². The van der Waals surface area contributed by atoms with Crippen molar-refractivity contribution in [2.24, 2.45) is 5.92 Å².